The number of ether oxygens (including phenoxy) is 1. The van der Waals surface area contributed by atoms with Crippen LogP contribution in [-0.2, 0) is 4.74 Å². The summed E-state index contributed by atoms with van der Waals surface area (Å²) in [6.45, 7) is 5.51. The van der Waals surface area contributed by atoms with Crippen molar-refractivity contribution in [2.45, 2.75) is 20.0 Å². The van der Waals surface area contributed by atoms with Gasteiger partial charge in [0, 0.05) is 17.6 Å². The Hall–Kier alpha value is -0.740. The Labute approximate surface area is 99.1 Å². The van der Waals surface area contributed by atoms with E-state index in [2.05, 4.69) is 21.2 Å². The van der Waals surface area contributed by atoms with Crippen LogP contribution in [-0.4, -0.2) is 19.3 Å². The van der Waals surface area contributed by atoms with E-state index in [1.165, 1.54) is 0 Å². The number of nitrogens with two attached hydrogens (primary N) is 1. The Morgan fingerprint density at radius 1 is 1.53 bits per heavy atom. The average molecular weight is 273 g/mol. The highest BCUT2D eigenvalue weighted by Gasteiger charge is 2.03. The molecule has 1 aromatic rings. The Kier molecular flexibility index (Phi) is 4.91. The second-order valence-electron chi connectivity index (χ2n) is 3.38. The van der Waals surface area contributed by atoms with Crippen LogP contribution in [0.15, 0.2) is 22.7 Å². The lowest BCUT2D eigenvalue weighted by molar-refractivity contribution is 0.0855. The van der Waals surface area contributed by atoms with Crippen molar-refractivity contribution >= 4 is 27.3 Å². The number of hydrogen-bond acceptors (Lipinski definition) is 3. The largest absolute Gasteiger partial charge is 0.397 e. The molecule has 0 aliphatic carbocycles. The molecule has 1 aromatic carbocycles. The summed E-state index contributed by atoms with van der Waals surface area (Å²) < 4.78 is 6.44. The van der Waals surface area contributed by atoms with E-state index in [-0.39, 0.29) is 6.10 Å². The van der Waals surface area contributed by atoms with Crippen LogP contribution in [0.4, 0.5) is 11.4 Å². The zero-order valence-corrected chi connectivity index (χ0v) is 10.7. The van der Waals surface area contributed by atoms with E-state index in [4.69, 9.17) is 10.5 Å². The van der Waals surface area contributed by atoms with Crippen LogP contribution < -0.4 is 11.1 Å². The first-order valence-electron chi connectivity index (χ1n) is 5.04. The number of rotatable bonds is 5. The third-order valence-corrected chi connectivity index (χ3v) is 2.54. The van der Waals surface area contributed by atoms with Crippen LogP contribution in [0.5, 0.6) is 0 Å². The van der Waals surface area contributed by atoms with E-state index in [1.807, 2.05) is 32.0 Å². The molecule has 0 saturated carbocycles. The van der Waals surface area contributed by atoms with Gasteiger partial charge in [-0.15, -0.1) is 0 Å². The van der Waals surface area contributed by atoms with Crippen molar-refractivity contribution in [1.29, 1.82) is 0 Å². The highest BCUT2D eigenvalue weighted by atomic mass is 79.9. The standard InChI is InChI=1S/C11H17BrN2O/c1-3-15-8(2)7-14-11-6-9(12)4-5-10(11)13/h4-6,8,14H,3,7,13H2,1-2H3/t8-/m0/s1. The van der Waals surface area contributed by atoms with Crippen molar-refractivity contribution < 1.29 is 4.74 Å². The molecule has 0 spiro atoms. The Balaban J connectivity index is 2.53. The van der Waals surface area contributed by atoms with Gasteiger partial charge in [0.25, 0.3) is 0 Å². The summed E-state index contributed by atoms with van der Waals surface area (Å²) in [4.78, 5) is 0. The van der Waals surface area contributed by atoms with Gasteiger partial charge in [0.1, 0.15) is 0 Å². The predicted molar refractivity (Wildman–Crippen MR) is 68.1 cm³/mol. The van der Waals surface area contributed by atoms with Crippen molar-refractivity contribution in [2.24, 2.45) is 0 Å². The first-order chi connectivity index (χ1) is 7.13. The summed E-state index contributed by atoms with van der Waals surface area (Å²) in [5.74, 6) is 0. The van der Waals surface area contributed by atoms with Gasteiger partial charge < -0.3 is 15.8 Å². The van der Waals surface area contributed by atoms with E-state index in [0.29, 0.717) is 0 Å². The van der Waals surface area contributed by atoms with Crippen molar-refractivity contribution in [3.8, 4) is 0 Å². The maximum atomic E-state index is 5.83. The fraction of sp³-hybridized carbons (Fsp3) is 0.455. The molecule has 0 unspecified atom stereocenters. The Morgan fingerprint density at radius 2 is 2.27 bits per heavy atom. The van der Waals surface area contributed by atoms with E-state index in [1.54, 1.807) is 0 Å². The van der Waals surface area contributed by atoms with Gasteiger partial charge in [-0.2, -0.15) is 0 Å². The van der Waals surface area contributed by atoms with Crippen molar-refractivity contribution in [1.82, 2.24) is 0 Å². The molecule has 1 atom stereocenters. The lowest BCUT2D eigenvalue weighted by Gasteiger charge is -2.15. The molecular weight excluding hydrogens is 256 g/mol. The van der Waals surface area contributed by atoms with Crippen molar-refractivity contribution in [2.75, 3.05) is 24.2 Å². The quantitative estimate of drug-likeness (QED) is 0.811. The monoisotopic (exact) mass is 272 g/mol. The second-order valence-corrected chi connectivity index (χ2v) is 4.29. The molecule has 0 bridgehead atoms. The maximum Gasteiger partial charge on any atom is 0.0719 e. The zero-order chi connectivity index (χ0) is 11.3. The van der Waals surface area contributed by atoms with Gasteiger partial charge in [0.15, 0.2) is 0 Å². The van der Waals surface area contributed by atoms with E-state index in [9.17, 15) is 0 Å². The fourth-order valence-corrected chi connectivity index (χ4v) is 1.64. The van der Waals surface area contributed by atoms with Gasteiger partial charge in [0.2, 0.25) is 0 Å². The number of benzene rings is 1. The summed E-state index contributed by atoms with van der Waals surface area (Å²) in [6, 6.07) is 5.76. The molecule has 4 heteroatoms. The normalized spacial score (nSPS) is 12.5. The van der Waals surface area contributed by atoms with Crippen LogP contribution in [0, 0.1) is 0 Å². The van der Waals surface area contributed by atoms with Crippen LogP contribution in [0.25, 0.3) is 0 Å². The number of anilines is 2. The molecule has 84 valence electrons. The van der Waals surface area contributed by atoms with Gasteiger partial charge in [-0.1, -0.05) is 15.9 Å². The van der Waals surface area contributed by atoms with Gasteiger partial charge in [-0.3, -0.25) is 0 Å². The first-order valence-corrected chi connectivity index (χ1v) is 5.83. The topological polar surface area (TPSA) is 47.3 Å². The van der Waals surface area contributed by atoms with E-state index < -0.39 is 0 Å². The van der Waals surface area contributed by atoms with Gasteiger partial charge in [-0.05, 0) is 32.0 Å². The summed E-state index contributed by atoms with van der Waals surface area (Å²) in [5, 5.41) is 3.26. The molecule has 0 aliphatic rings. The minimum atomic E-state index is 0.188. The maximum absolute atomic E-state index is 5.83. The minimum absolute atomic E-state index is 0.188. The SMILES string of the molecule is CCO[C@@H](C)CNc1cc(Br)ccc1N. The Morgan fingerprint density at radius 3 is 2.93 bits per heavy atom. The van der Waals surface area contributed by atoms with E-state index >= 15 is 0 Å². The van der Waals surface area contributed by atoms with Crippen LogP contribution in [0.1, 0.15) is 13.8 Å². The molecular formula is C11H17BrN2O. The highest BCUT2D eigenvalue weighted by Crippen LogP contribution is 2.23. The molecule has 3 N–H and O–H groups in total. The zero-order valence-electron chi connectivity index (χ0n) is 9.09. The molecule has 0 fully saturated rings. The summed E-state index contributed by atoms with van der Waals surface area (Å²) in [5.41, 5.74) is 7.52. The minimum Gasteiger partial charge on any atom is -0.397 e. The van der Waals surface area contributed by atoms with Crippen molar-refractivity contribution in [3.05, 3.63) is 22.7 Å². The molecule has 0 aromatic heterocycles. The molecule has 0 heterocycles. The summed E-state index contributed by atoms with van der Waals surface area (Å²) >= 11 is 3.41. The number of halogens is 1. The average Bonchev–Trinajstić information content (AvgIpc) is 2.20. The molecule has 0 saturated heterocycles. The molecule has 0 radical (unpaired) electrons. The highest BCUT2D eigenvalue weighted by molar-refractivity contribution is 9.10. The summed E-state index contributed by atoms with van der Waals surface area (Å²) in [7, 11) is 0. The lowest BCUT2D eigenvalue weighted by Crippen LogP contribution is -2.20. The van der Waals surface area contributed by atoms with Gasteiger partial charge >= 0.3 is 0 Å². The third-order valence-electron chi connectivity index (χ3n) is 2.05. The van der Waals surface area contributed by atoms with Crippen LogP contribution in [0.3, 0.4) is 0 Å². The molecule has 0 aliphatic heterocycles. The van der Waals surface area contributed by atoms with Crippen molar-refractivity contribution in [3.63, 3.8) is 0 Å². The van der Waals surface area contributed by atoms with Gasteiger partial charge in [0.05, 0.1) is 17.5 Å². The van der Waals surface area contributed by atoms with Crippen LogP contribution >= 0.6 is 15.9 Å². The van der Waals surface area contributed by atoms with Crippen LogP contribution in [0.2, 0.25) is 0 Å². The van der Waals surface area contributed by atoms with Gasteiger partial charge in [-0.25, -0.2) is 0 Å². The number of nitrogens with one attached hydrogen (secondary N) is 1. The number of hydrogen-bond donors (Lipinski definition) is 2. The Bertz CT molecular complexity index is 317. The molecule has 0 amide bonds. The molecule has 1 rings (SSSR count). The lowest BCUT2D eigenvalue weighted by atomic mass is 10.2. The predicted octanol–water partition coefficient (Wildman–Crippen LogP) is 2.87. The molecule has 15 heavy (non-hydrogen) atoms. The third kappa shape index (κ3) is 4.10. The fourth-order valence-electron chi connectivity index (χ4n) is 1.28. The second kappa shape index (κ2) is 5.98. The first kappa shape index (κ1) is 12.3. The smallest absolute Gasteiger partial charge is 0.0719 e. The molecule has 3 nitrogen and oxygen atoms in total. The van der Waals surface area contributed by atoms with E-state index in [0.717, 1.165) is 29.0 Å². The number of nitrogen functional groups attached to an aromatic ring is 1. The summed E-state index contributed by atoms with van der Waals surface area (Å²) in [6.07, 6.45) is 0.188.